The summed E-state index contributed by atoms with van der Waals surface area (Å²) in [6.45, 7) is 15.1. The zero-order chi connectivity index (χ0) is 23.0. The summed E-state index contributed by atoms with van der Waals surface area (Å²) in [6.07, 6.45) is 11.2. The van der Waals surface area contributed by atoms with Gasteiger partial charge in [0.1, 0.15) is 0 Å². The third-order valence-corrected chi connectivity index (χ3v) is 6.00. The minimum atomic E-state index is -0.237. The molecule has 164 valence electrons. The molecule has 0 bridgehead atoms. The van der Waals surface area contributed by atoms with Crippen LogP contribution < -0.4 is 5.32 Å². The van der Waals surface area contributed by atoms with Crippen LogP contribution in [0.4, 0.5) is 0 Å². The molecule has 31 heavy (non-hydrogen) atoms. The predicted molar refractivity (Wildman–Crippen MR) is 132 cm³/mol. The fourth-order valence-corrected chi connectivity index (χ4v) is 4.69. The van der Waals surface area contributed by atoms with Crippen molar-refractivity contribution in [2.45, 2.75) is 71.6 Å². The van der Waals surface area contributed by atoms with E-state index in [4.69, 9.17) is 6.42 Å². The first kappa shape index (κ1) is 24.7. The third kappa shape index (κ3) is 7.28. The van der Waals surface area contributed by atoms with Crippen molar-refractivity contribution in [2.75, 3.05) is 0 Å². The van der Waals surface area contributed by atoms with Gasteiger partial charge in [0.25, 0.3) is 0 Å². The van der Waals surface area contributed by atoms with Crippen LogP contribution in [0, 0.1) is 24.2 Å². The molecular weight excluding hydrogens is 381 g/mol. The van der Waals surface area contributed by atoms with Gasteiger partial charge in [0.2, 0.25) is 12.6 Å². The van der Waals surface area contributed by atoms with Crippen molar-refractivity contribution >= 4 is 24.4 Å². The number of carbonyl (C=O) groups is 2. The molecule has 1 heterocycles. The fourth-order valence-electron chi connectivity index (χ4n) is 4.69. The maximum absolute atomic E-state index is 12.2. The normalized spacial score (nSPS) is 16.2. The number of terminal acetylenes is 1. The largest absolute Gasteiger partial charge is 0.360 e. The summed E-state index contributed by atoms with van der Waals surface area (Å²) in [5.74, 6) is 3.32. The van der Waals surface area contributed by atoms with E-state index in [1.807, 2.05) is 0 Å². The molecule has 1 amide bonds. The fraction of sp³-hybridized carbons (Fsp3) is 0.481. The third-order valence-electron chi connectivity index (χ3n) is 6.00. The molecule has 2 atom stereocenters. The quantitative estimate of drug-likeness (QED) is 0.237. The van der Waals surface area contributed by atoms with Crippen molar-refractivity contribution in [3.63, 3.8) is 0 Å². The van der Waals surface area contributed by atoms with E-state index < -0.39 is 0 Å². The second-order valence-electron chi connectivity index (χ2n) is 9.49. The van der Waals surface area contributed by atoms with Crippen LogP contribution in [0.5, 0.6) is 0 Å². The molecule has 1 N–H and O–H groups in total. The van der Waals surface area contributed by atoms with Gasteiger partial charge in [0.15, 0.2) is 0 Å². The van der Waals surface area contributed by atoms with E-state index in [9.17, 15) is 9.59 Å². The van der Waals surface area contributed by atoms with E-state index >= 15 is 0 Å². The van der Waals surface area contributed by atoms with Crippen LogP contribution in [0.15, 0.2) is 36.9 Å². The number of allylic oxidation sites excluding steroid dienone is 2. The summed E-state index contributed by atoms with van der Waals surface area (Å²) in [6, 6.07) is 6.27. The van der Waals surface area contributed by atoms with E-state index in [1.165, 1.54) is 16.7 Å². The Morgan fingerprint density at radius 1 is 1.29 bits per heavy atom. The first-order chi connectivity index (χ1) is 14.7. The van der Waals surface area contributed by atoms with Gasteiger partial charge in [-0.15, -0.1) is 12.3 Å². The smallest absolute Gasteiger partial charge is 0.248 e. The number of carbonyl (C=O) groups excluding carboxylic acids is 2. The number of benzene rings is 1. The number of hydrogen-bond acceptors (Lipinski definition) is 2. The first-order valence-electron chi connectivity index (χ1n) is 11.4. The molecule has 0 radical (unpaired) electrons. The lowest BCUT2D eigenvalue weighted by Crippen LogP contribution is -2.52. The predicted octanol–water partition coefficient (Wildman–Crippen LogP) is 5.06. The number of fused-ring (bicyclic) bond motifs is 1. The molecule has 3 nitrogen and oxygen atoms in total. The van der Waals surface area contributed by atoms with Crippen molar-refractivity contribution in [1.82, 2.24) is 5.32 Å². The van der Waals surface area contributed by atoms with Crippen LogP contribution in [0.2, 0.25) is 0 Å². The van der Waals surface area contributed by atoms with Crippen molar-refractivity contribution < 1.29 is 9.59 Å². The monoisotopic (exact) mass is 417 g/mol. The van der Waals surface area contributed by atoms with Crippen molar-refractivity contribution in [2.24, 2.45) is 11.8 Å². The number of nitrogens with one attached hydrogen (secondary N) is 1. The standard InChI is InChI=1S/C27H36BNO2/c1-7-8-12-27(31)29-26-16-23-10-9-11-24(25(23)17-28(26)18-30)22(6)15-21(5)14-20(4)13-19(2)3/h1,9-11,18-19,21,26H,4,6,8,12-17H2,2-3,5H3,(H,29,31)/t21?,26-/m0/s1. The molecule has 1 unspecified atom stereocenters. The Morgan fingerprint density at radius 3 is 2.68 bits per heavy atom. The summed E-state index contributed by atoms with van der Waals surface area (Å²) in [5, 5.41) is 3.02. The lowest BCUT2D eigenvalue weighted by Gasteiger charge is -2.30. The van der Waals surface area contributed by atoms with Gasteiger partial charge in [0, 0.05) is 18.8 Å². The Morgan fingerprint density at radius 2 is 2.03 bits per heavy atom. The Balaban J connectivity index is 2.11. The number of rotatable bonds is 11. The van der Waals surface area contributed by atoms with Crippen LogP contribution in [-0.2, 0) is 22.3 Å². The molecule has 1 aliphatic heterocycles. The highest BCUT2D eigenvalue weighted by Gasteiger charge is 2.34. The van der Waals surface area contributed by atoms with E-state index in [0.29, 0.717) is 37.4 Å². The van der Waals surface area contributed by atoms with Crippen molar-refractivity contribution in [1.29, 1.82) is 0 Å². The van der Waals surface area contributed by atoms with Crippen molar-refractivity contribution in [3.8, 4) is 12.3 Å². The van der Waals surface area contributed by atoms with Gasteiger partial charge in [-0.05, 0) is 66.1 Å². The topological polar surface area (TPSA) is 46.2 Å². The van der Waals surface area contributed by atoms with Gasteiger partial charge < -0.3 is 10.1 Å². The van der Waals surface area contributed by atoms with Gasteiger partial charge >= 0.3 is 0 Å². The summed E-state index contributed by atoms with van der Waals surface area (Å²) in [7, 11) is 0. The number of amides is 1. The molecule has 1 aromatic carbocycles. The Labute approximate surface area is 188 Å². The van der Waals surface area contributed by atoms with E-state index in [1.54, 1.807) is 0 Å². The van der Waals surface area contributed by atoms with E-state index in [2.05, 4.69) is 63.4 Å². The first-order valence-corrected chi connectivity index (χ1v) is 11.4. The molecule has 4 heteroatoms. The minimum Gasteiger partial charge on any atom is -0.360 e. The van der Waals surface area contributed by atoms with Crippen LogP contribution in [-0.4, -0.2) is 24.7 Å². The van der Waals surface area contributed by atoms with Crippen LogP contribution in [0.25, 0.3) is 5.57 Å². The summed E-state index contributed by atoms with van der Waals surface area (Å²) >= 11 is 0. The molecule has 1 aliphatic rings. The average molecular weight is 417 g/mol. The highest BCUT2D eigenvalue weighted by Crippen LogP contribution is 2.32. The maximum Gasteiger partial charge on any atom is 0.248 e. The Kier molecular flexibility index (Phi) is 9.37. The molecule has 0 aliphatic carbocycles. The molecule has 0 aromatic heterocycles. The van der Waals surface area contributed by atoms with Gasteiger partial charge in [0.05, 0.1) is 6.19 Å². The zero-order valence-electron chi connectivity index (χ0n) is 19.4. The summed E-state index contributed by atoms with van der Waals surface area (Å²) in [5.41, 5.74) is 5.96. The Bertz CT molecular complexity index is 864. The number of hydrogen-bond donors (Lipinski definition) is 1. The van der Waals surface area contributed by atoms with Gasteiger partial charge in [-0.2, -0.15) is 0 Å². The lowest BCUT2D eigenvalue weighted by molar-refractivity contribution is -0.121. The molecule has 0 fully saturated rings. The second kappa shape index (κ2) is 11.7. The minimum absolute atomic E-state index is 0.0886. The molecule has 1 aromatic rings. The van der Waals surface area contributed by atoms with Gasteiger partial charge in [-0.25, -0.2) is 0 Å². The second-order valence-corrected chi connectivity index (χ2v) is 9.49. The SMILES string of the molecule is C#CCCC(=O)N[C@H]1Cc2cccc(C(=C)CC(C)CC(=C)CC(C)C)c2CB1C=O. The van der Waals surface area contributed by atoms with E-state index in [0.717, 1.165) is 36.6 Å². The van der Waals surface area contributed by atoms with Crippen LogP contribution >= 0.6 is 0 Å². The maximum atomic E-state index is 12.2. The van der Waals surface area contributed by atoms with Gasteiger partial charge in [-0.1, -0.05) is 57.7 Å². The summed E-state index contributed by atoms with van der Waals surface area (Å²) in [4.78, 5) is 24.0. The highest BCUT2D eigenvalue weighted by atomic mass is 16.1. The molecule has 2 rings (SSSR count). The molecule has 0 saturated heterocycles. The zero-order valence-corrected chi connectivity index (χ0v) is 19.4. The average Bonchev–Trinajstić information content (AvgIpc) is 2.70. The highest BCUT2D eigenvalue weighted by molar-refractivity contribution is 6.85. The lowest BCUT2D eigenvalue weighted by atomic mass is 9.38. The Hall–Kier alpha value is -2.54. The summed E-state index contributed by atoms with van der Waals surface area (Å²) < 4.78 is 0. The van der Waals surface area contributed by atoms with Crippen LogP contribution in [0.3, 0.4) is 0 Å². The van der Waals surface area contributed by atoms with E-state index in [-0.39, 0.29) is 18.6 Å². The molecule has 0 spiro atoms. The van der Waals surface area contributed by atoms with Crippen LogP contribution in [0.1, 0.15) is 69.6 Å². The molecular formula is C27H36BNO2. The molecule has 0 saturated carbocycles. The van der Waals surface area contributed by atoms with Crippen molar-refractivity contribution in [3.05, 3.63) is 53.6 Å². The van der Waals surface area contributed by atoms with Gasteiger partial charge in [-0.3, -0.25) is 4.79 Å².